The van der Waals surface area contributed by atoms with Gasteiger partial charge in [0.25, 0.3) is 0 Å². The van der Waals surface area contributed by atoms with Crippen LogP contribution in [0.3, 0.4) is 0 Å². The van der Waals surface area contributed by atoms with E-state index in [1.165, 1.54) is 25.7 Å². The van der Waals surface area contributed by atoms with Gasteiger partial charge in [-0.1, -0.05) is 12.8 Å². The summed E-state index contributed by atoms with van der Waals surface area (Å²) >= 11 is 0. The van der Waals surface area contributed by atoms with Crippen LogP contribution in [0.2, 0.25) is 0 Å². The molecule has 0 atom stereocenters. The number of nitrogens with zero attached hydrogens (tertiary/aromatic N) is 3. The van der Waals surface area contributed by atoms with Crippen molar-refractivity contribution in [2.24, 2.45) is 0 Å². The number of hydrogen-bond acceptors (Lipinski definition) is 3. The van der Waals surface area contributed by atoms with Crippen LogP contribution in [0.1, 0.15) is 31.2 Å². The van der Waals surface area contributed by atoms with Crippen molar-refractivity contribution in [1.82, 2.24) is 14.8 Å². The van der Waals surface area contributed by atoms with Crippen LogP contribution >= 0.6 is 0 Å². The molecule has 0 amide bonds. The summed E-state index contributed by atoms with van der Waals surface area (Å²) in [5, 5.41) is 4.12. The zero-order chi connectivity index (χ0) is 12.2. The lowest BCUT2D eigenvalue weighted by atomic mass is 10.2. The Kier molecular flexibility index (Phi) is 3.37. The highest BCUT2D eigenvalue weighted by Crippen LogP contribution is 2.22. The third-order valence-corrected chi connectivity index (χ3v) is 3.29. The van der Waals surface area contributed by atoms with Crippen LogP contribution in [0.25, 0.3) is 5.82 Å². The topological polar surface area (TPSA) is 39.9 Å². The SMILES string of the molecule is [c]1cnn(-c2cc(COC3CCCC3)ccn2)c1. The van der Waals surface area contributed by atoms with Gasteiger partial charge in [-0.2, -0.15) is 5.10 Å². The summed E-state index contributed by atoms with van der Waals surface area (Å²) in [6.45, 7) is 0.658. The fraction of sp³-hybridized carbons (Fsp3) is 0.429. The maximum Gasteiger partial charge on any atom is 0.153 e. The average molecular weight is 242 g/mol. The lowest BCUT2D eigenvalue weighted by Gasteiger charge is -2.11. The molecule has 2 aromatic rings. The maximum absolute atomic E-state index is 5.90. The molecule has 0 aliphatic heterocycles. The van der Waals surface area contributed by atoms with Crippen molar-refractivity contribution < 1.29 is 4.74 Å². The van der Waals surface area contributed by atoms with Crippen molar-refractivity contribution in [3.63, 3.8) is 0 Å². The molecule has 0 N–H and O–H groups in total. The van der Waals surface area contributed by atoms with Crippen LogP contribution in [0.5, 0.6) is 0 Å². The largest absolute Gasteiger partial charge is 0.374 e. The lowest BCUT2D eigenvalue weighted by Crippen LogP contribution is -2.07. The lowest BCUT2D eigenvalue weighted by molar-refractivity contribution is 0.0456. The molecular formula is C14H16N3O. The second-order valence-electron chi connectivity index (χ2n) is 4.62. The van der Waals surface area contributed by atoms with Gasteiger partial charge in [0.15, 0.2) is 5.82 Å². The van der Waals surface area contributed by atoms with Gasteiger partial charge in [-0.25, -0.2) is 9.67 Å². The van der Waals surface area contributed by atoms with Crippen molar-refractivity contribution in [1.29, 1.82) is 0 Å². The van der Waals surface area contributed by atoms with Crippen molar-refractivity contribution in [2.75, 3.05) is 0 Å². The molecule has 4 heteroatoms. The zero-order valence-corrected chi connectivity index (χ0v) is 10.2. The van der Waals surface area contributed by atoms with E-state index in [0.29, 0.717) is 12.7 Å². The molecule has 0 spiro atoms. The van der Waals surface area contributed by atoms with Crippen molar-refractivity contribution in [3.8, 4) is 5.82 Å². The summed E-state index contributed by atoms with van der Waals surface area (Å²) in [4.78, 5) is 4.29. The van der Waals surface area contributed by atoms with Crippen molar-refractivity contribution in [3.05, 3.63) is 42.4 Å². The molecule has 1 aliphatic rings. The summed E-state index contributed by atoms with van der Waals surface area (Å²) in [6.07, 6.45) is 10.6. The van der Waals surface area contributed by atoms with E-state index >= 15 is 0 Å². The van der Waals surface area contributed by atoms with Gasteiger partial charge in [-0.05, 0) is 30.5 Å². The van der Waals surface area contributed by atoms with Gasteiger partial charge in [0.1, 0.15) is 0 Å². The number of aromatic nitrogens is 3. The van der Waals surface area contributed by atoms with Crippen LogP contribution in [0.4, 0.5) is 0 Å². The first-order valence-electron chi connectivity index (χ1n) is 6.39. The molecule has 1 aliphatic carbocycles. The first-order valence-corrected chi connectivity index (χ1v) is 6.39. The summed E-state index contributed by atoms with van der Waals surface area (Å²) in [7, 11) is 0. The second kappa shape index (κ2) is 5.31. The van der Waals surface area contributed by atoms with Crippen LogP contribution in [0.15, 0.2) is 30.7 Å². The summed E-state index contributed by atoms with van der Waals surface area (Å²) in [6, 6.07) is 6.91. The predicted octanol–water partition coefficient (Wildman–Crippen LogP) is 2.53. The average Bonchev–Trinajstić information content (AvgIpc) is 3.10. The van der Waals surface area contributed by atoms with Gasteiger partial charge < -0.3 is 4.74 Å². The summed E-state index contributed by atoms with van der Waals surface area (Å²) < 4.78 is 7.60. The van der Waals surface area contributed by atoms with E-state index in [-0.39, 0.29) is 0 Å². The smallest absolute Gasteiger partial charge is 0.153 e. The molecule has 1 radical (unpaired) electrons. The molecule has 2 aromatic heterocycles. The summed E-state index contributed by atoms with van der Waals surface area (Å²) in [5.74, 6) is 0.809. The quantitative estimate of drug-likeness (QED) is 0.827. The van der Waals surface area contributed by atoms with Crippen LogP contribution < -0.4 is 0 Å². The minimum absolute atomic E-state index is 0.444. The van der Waals surface area contributed by atoms with E-state index in [4.69, 9.17) is 4.74 Å². The Bertz CT molecular complexity index is 490. The molecule has 0 saturated heterocycles. The third kappa shape index (κ3) is 2.59. The van der Waals surface area contributed by atoms with Crippen molar-refractivity contribution >= 4 is 0 Å². The Morgan fingerprint density at radius 1 is 1.39 bits per heavy atom. The first-order chi connectivity index (χ1) is 8.92. The normalized spacial score (nSPS) is 16.2. The zero-order valence-electron chi connectivity index (χ0n) is 10.2. The molecule has 93 valence electrons. The highest BCUT2D eigenvalue weighted by molar-refractivity contribution is 5.26. The van der Waals surface area contributed by atoms with Crippen LogP contribution in [-0.4, -0.2) is 20.9 Å². The molecule has 4 nitrogen and oxygen atoms in total. The minimum atomic E-state index is 0.444. The number of rotatable bonds is 4. The van der Waals surface area contributed by atoms with Crippen LogP contribution in [-0.2, 0) is 11.3 Å². The Labute approximate surface area is 107 Å². The van der Waals surface area contributed by atoms with E-state index in [1.807, 2.05) is 12.1 Å². The number of hydrogen-bond donors (Lipinski definition) is 0. The Hall–Kier alpha value is -1.68. The monoisotopic (exact) mass is 242 g/mol. The predicted molar refractivity (Wildman–Crippen MR) is 67.2 cm³/mol. The van der Waals surface area contributed by atoms with E-state index < -0.39 is 0 Å². The third-order valence-electron chi connectivity index (χ3n) is 3.29. The van der Waals surface area contributed by atoms with E-state index in [0.717, 1.165) is 11.4 Å². The fourth-order valence-electron chi connectivity index (χ4n) is 2.30. The van der Waals surface area contributed by atoms with Gasteiger partial charge in [-0.15, -0.1) is 0 Å². The second-order valence-corrected chi connectivity index (χ2v) is 4.62. The highest BCUT2D eigenvalue weighted by atomic mass is 16.5. The Morgan fingerprint density at radius 3 is 3.06 bits per heavy atom. The molecule has 18 heavy (non-hydrogen) atoms. The molecule has 2 heterocycles. The molecule has 1 saturated carbocycles. The molecule has 0 aromatic carbocycles. The maximum atomic E-state index is 5.90. The van der Waals surface area contributed by atoms with E-state index in [1.54, 1.807) is 23.3 Å². The van der Waals surface area contributed by atoms with Gasteiger partial charge in [0, 0.05) is 18.5 Å². The summed E-state index contributed by atoms with van der Waals surface area (Å²) in [5.41, 5.74) is 1.14. The number of pyridine rings is 1. The molecule has 0 unspecified atom stereocenters. The Balaban J connectivity index is 1.67. The highest BCUT2D eigenvalue weighted by Gasteiger charge is 2.15. The molecule has 1 fully saturated rings. The molecular weight excluding hydrogens is 226 g/mol. The standard InChI is InChI=1S/C14H16N3O/c1-2-5-13(4-1)18-11-12-6-8-15-14(10-12)17-9-3-7-16-17/h6-10,13H,1-2,4-5,11H2. The first kappa shape index (κ1) is 11.4. The van der Waals surface area contributed by atoms with Gasteiger partial charge in [0.2, 0.25) is 0 Å². The van der Waals surface area contributed by atoms with E-state index in [2.05, 4.69) is 16.1 Å². The Morgan fingerprint density at radius 2 is 2.28 bits per heavy atom. The van der Waals surface area contributed by atoms with Crippen LogP contribution in [0, 0.1) is 6.07 Å². The molecule has 3 rings (SSSR count). The van der Waals surface area contributed by atoms with Gasteiger partial charge >= 0.3 is 0 Å². The fourth-order valence-corrected chi connectivity index (χ4v) is 2.30. The minimum Gasteiger partial charge on any atom is -0.374 e. The van der Waals surface area contributed by atoms with Gasteiger partial charge in [0.05, 0.1) is 18.9 Å². The number of ether oxygens (including phenoxy) is 1. The van der Waals surface area contributed by atoms with E-state index in [9.17, 15) is 0 Å². The van der Waals surface area contributed by atoms with Gasteiger partial charge in [-0.3, -0.25) is 0 Å². The van der Waals surface area contributed by atoms with Crippen molar-refractivity contribution in [2.45, 2.75) is 38.4 Å². The molecule has 0 bridgehead atoms.